The fourth-order valence-electron chi connectivity index (χ4n) is 2.03. The summed E-state index contributed by atoms with van der Waals surface area (Å²) in [7, 11) is 0. The Hall–Kier alpha value is -2.71. The first-order valence-corrected chi connectivity index (χ1v) is 9.26. The van der Waals surface area contributed by atoms with E-state index in [1.807, 2.05) is 0 Å². The highest BCUT2D eigenvalue weighted by molar-refractivity contribution is 9.10. The molecule has 1 heterocycles. The first-order valence-electron chi connectivity index (χ1n) is 7.68. The molecule has 0 aliphatic carbocycles. The summed E-state index contributed by atoms with van der Waals surface area (Å²) < 4.78 is 11.8. The summed E-state index contributed by atoms with van der Waals surface area (Å²) in [4.78, 5) is 23.8. The van der Waals surface area contributed by atoms with Gasteiger partial charge >= 0.3 is 11.9 Å². The van der Waals surface area contributed by atoms with Crippen LogP contribution in [0.25, 0.3) is 0 Å². The number of hydrogen-bond donors (Lipinski definition) is 1. The van der Waals surface area contributed by atoms with Crippen LogP contribution in [-0.4, -0.2) is 18.1 Å². The van der Waals surface area contributed by atoms with Crippen molar-refractivity contribution in [2.24, 2.45) is 5.10 Å². The molecule has 0 fully saturated rings. The van der Waals surface area contributed by atoms with Crippen LogP contribution in [0.4, 0.5) is 0 Å². The summed E-state index contributed by atoms with van der Waals surface area (Å²) in [6, 6.07) is 16.7. The molecular weight excluding hydrogens is 480 g/mol. The van der Waals surface area contributed by atoms with Crippen molar-refractivity contribution in [3.8, 4) is 5.75 Å². The Kier molecular flexibility index (Phi) is 6.20. The fourth-order valence-corrected chi connectivity index (χ4v) is 2.60. The highest BCUT2D eigenvalue weighted by Crippen LogP contribution is 2.16. The molecule has 0 atom stereocenters. The highest BCUT2D eigenvalue weighted by Gasteiger charge is 2.09. The zero-order valence-corrected chi connectivity index (χ0v) is 16.9. The van der Waals surface area contributed by atoms with Crippen LogP contribution in [0.15, 0.2) is 79.3 Å². The topological polar surface area (TPSA) is 80.9 Å². The summed E-state index contributed by atoms with van der Waals surface area (Å²) in [6.07, 6.45) is 1.47. The van der Waals surface area contributed by atoms with Gasteiger partial charge in [0.1, 0.15) is 5.75 Å². The van der Waals surface area contributed by atoms with Gasteiger partial charge in [0.15, 0.2) is 10.4 Å². The summed E-state index contributed by atoms with van der Waals surface area (Å²) >= 11 is 6.44. The number of amides is 1. The maximum absolute atomic E-state index is 12.1. The molecule has 0 saturated heterocycles. The molecule has 136 valence electrons. The Balaban J connectivity index is 1.56. The van der Waals surface area contributed by atoms with E-state index in [1.165, 1.54) is 12.3 Å². The van der Waals surface area contributed by atoms with Crippen molar-refractivity contribution in [2.75, 3.05) is 0 Å². The molecule has 1 N–H and O–H groups in total. The van der Waals surface area contributed by atoms with Gasteiger partial charge in [0.25, 0.3) is 0 Å². The van der Waals surface area contributed by atoms with Crippen LogP contribution in [0.2, 0.25) is 0 Å². The SMILES string of the molecule is O=C(Oc1ccc(/C=N/NC(=O)c2ccc(Br)o2)cc1)c1ccc(Br)cc1. The van der Waals surface area contributed by atoms with Gasteiger partial charge in [-0.1, -0.05) is 15.9 Å². The average molecular weight is 492 g/mol. The predicted molar refractivity (Wildman–Crippen MR) is 107 cm³/mol. The average Bonchev–Trinajstić information content (AvgIpc) is 3.10. The van der Waals surface area contributed by atoms with E-state index in [0.29, 0.717) is 16.0 Å². The fraction of sp³-hybridized carbons (Fsp3) is 0. The molecule has 0 bridgehead atoms. The Bertz CT molecular complexity index is 980. The number of benzene rings is 2. The van der Waals surface area contributed by atoms with Crippen molar-refractivity contribution >= 4 is 50.0 Å². The van der Waals surface area contributed by atoms with E-state index in [4.69, 9.17) is 9.15 Å². The Morgan fingerprint density at radius 1 is 0.963 bits per heavy atom. The molecule has 27 heavy (non-hydrogen) atoms. The number of carbonyl (C=O) groups is 2. The molecule has 3 rings (SSSR count). The Morgan fingerprint density at radius 3 is 2.30 bits per heavy atom. The second kappa shape index (κ2) is 8.79. The molecule has 0 saturated carbocycles. The van der Waals surface area contributed by atoms with Gasteiger partial charge in [-0.15, -0.1) is 0 Å². The maximum atomic E-state index is 12.1. The number of ether oxygens (including phenoxy) is 1. The summed E-state index contributed by atoms with van der Waals surface area (Å²) in [6.45, 7) is 0. The predicted octanol–water partition coefficient (Wildman–Crippen LogP) is 4.79. The molecule has 8 heteroatoms. The Morgan fingerprint density at radius 2 is 1.67 bits per heavy atom. The van der Waals surface area contributed by atoms with Gasteiger partial charge < -0.3 is 9.15 Å². The van der Waals surface area contributed by atoms with Crippen molar-refractivity contribution in [2.45, 2.75) is 0 Å². The minimum Gasteiger partial charge on any atom is -0.444 e. The standard InChI is InChI=1S/C19H12Br2N2O4/c20-14-5-3-13(4-6-14)19(25)26-15-7-1-12(2-8-15)11-22-23-18(24)16-9-10-17(21)27-16/h1-11H,(H,23,24)/b22-11+. The lowest BCUT2D eigenvalue weighted by Gasteiger charge is -2.04. The minimum absolute atomic E-state index is 0.147. The lowest BCUT2D eigenvalue weighted by atomic mass is 10.2. The number of hydrazone groups is 1. The number of nitrogens with zero attached hydrogens (tertiary/aromatic N) is 1. The van der Waals surface area contributed by atoms with Crippen LogP contribution in [0.5, 0.6) is 5.75 Å². The summed E-state index contributed by atoms with van der Waals surface area (Å²) in [5.74, 6) is -0.350. The molecule has 2 aromatic carbocycles. The lowest BCUT2D eigenvalue weighted by Crippen LogP contribution is -2.16. The second-order valence-electron chi connectivity index (χ2n) is 5.27. The van der Waals surface area contributed by atoms with Crippen molar-refractivity contribution in [1.29, 1.82) is 0 Å². The molecule has 3 aromatic rings. The minimum atomic E-state index is -0.461. The monoisotopic (exact) mass is 490 g/mol. The summed E-state index contributed by atoms with van der Waals surface area (Å²) in [5.41, 5.74) is 3.54. The van der Waals surface area contributed by atoms with E-state index in [1.54, 1.807) is 54.6 Å². The third-order valence-corrected chi connectivity index (χ3v) is 4.30. The molecule has 1 amide bonds. The van der Waals surface area contributed by atoms with Crippen molar-refractivity contribution in [3.63, 3.8) is 0 Å². The number of halogens is 2. The van der Waals surface area contributed by atoms with Crippen LogP contribution in [0, 0.1) is 0 Å². The maximum Gasteiger partial charge on any atom is 0.343 e. The number of hydrogen-bond acceptors (Lipinski definition) is 5. The van der Waals surface area contributed by atoms with E-state index in [-0.39, 0.29) is 5.76 Å². The second-order valence-corrected chi connectivity index (χ2v) is 6.97. The van der Waals surface area contributed by atoms with Crippen LogP contribution >= 0.6 is 31.9 Å². The van der Waals surface area contributed by atoms with Gasteiger partial charge in [0, 0.05) is 4.47 Å². The largest absolute Gasteiger partial charge is 0.444 e. The number of carbonyl (C=O) groups excluding carboxylic acids is 2. The van der Waals surface area contributed by atoms with Crippen molar-refractivity contribution < 1.29 is 18.7 Å². The van der Waals surface area contributed by atoms with Crippen LogP contribution < -0.4 is 10.2 Å². The van der Waals surface area contributed by atoms with E-state index >= 15 is 0 Å². The smallest absolute Gasteiger partial charge is 0.343 e. The van der Waals surface area contributed by atoms with Crippen molar-refractivity contribution in [3.05, 3.63) is 86.7 Å². The lowest BCUT2D eigenvalue weighted by molar-refractivity contribution is 0.0734. The number of nitrogens with one attached hydrogen (secondary N) is 1. The number of rotatable bonds is 5. The highest BCUT2D eigenvalue weighted by atomic mass is 79.9. The van der Waals surface area contributed by atoms with E-state index in [2.05, 4.69) is 42.4 Å². The molecular formula is C19H12Br2N2O4. The molecule has 0 spiro atoms. The first kappa shape index (κ1) is 19.1. The first-order chi connectivity index (χ1) is 13.0. The van der Waals surface area contributed by atoms with Crippen molar-refractivity contribution in [1.82, 2.24) is 5.43 Å². The van der Waals surface area contributed by atoms with E-state index < -0.39 is 11.9 Å². The molecule has 1 aromatic heterocycles. The summed E-state index contributed by atoms with van der Waals surface area (Å²) in [5, 5.41) is 3.86. The number of furan rings is 1. The van der Waals surface area contributed by atoms with Gasteiger partial charge in [0.05, 0.1) is 11.8 Å². The third-order valence-electron chi connectivity index (χ3n) is 3.35. The normalized spacial score (nSPS) is 10.7. The zero-order valence-electron chi connectivity index (χ0n) is 13.7. The molecule has 0 aliphatic rings. The van der Waals surface area contributed by atoms with Crippen LogP contribution in [-0.2, 0) is 0 Å². The van der Waals surface area contributed by atoms with Gasteiger partial charge in [-0.3, -0.25) is 4.79 Å². The van der Waals surface area contributed by atoms with E-state index in [9.17, 15) is 9.59 Å². The molecule has 0 aliphatic heterocycles. The van der Waals surface area contributed by atoms with Crippen LogP contribution in [0.1, 0.15) is 26.5 Å². The Labute approximate surface area is 171 Å². The molecule has 0 unspecified atom stereocenters. The van der Waals surface area contributed by atoms with Crippen LogP contribution in [0.3, 0.4) is 0 Å². The van der Waals surface area contributed by atoms with Gasteiger partial charge in [-0.05, 0) is 82.2 Å². The number of esters is 1. The molecule has 0 radical (unpaired) electrons. The van der Waals surface area contributed by atoms with Gasteiger partial charge in [-0.25, -0.2) is 10.2 Å². The van der Waals surface area contributed by atoms with Gasteiger partial charge in [-0.2, -0.15) is 5.10 Å². The van der Waals surface area contributed by atoms with E-state index in [0.717, 1.165) is 10.0 Å². The van der Waals surface area contributed by atoms with Gasteiger partial charge in [0.2, 0.25) is 0 Å². The molecule has 6 nitrogen and oxygen atoms in total. The third kappa shape index (κ3) is 5.38. The zero-order chi connectivity index (χ0) is 19.2. The quantitative estimate of drug-likeness (QED) is 0.241.